The molecule has 1 aromatic carbocycles. The molecule has 0 radical (unpaired) electrons. The molecule has 0 bridgehead atoms. The molecule has 0 spiro atoms. The van der Waals surface area contributed by atoms with Crippen LogP contribution >= 0.6 is 0 Å². The van der Waals surface area contributed by atoms with Crippen molar-refractivity contribution in [1.82, 2.24) is 0 Å². The van der Waals surface area contributed by atoms with Crippen LogP contribution in [0.25, 0.3) is 0 Å². The Morgan fingerprint density at radius 1 is 1.16 bits per heavy atom. The molecule has 1 heterocycles. The molecule has 3 heteroatoms. The second-order valence-corrected chi connectivity index (χ2v) is 5.88. The van der Waals surface area contributed by atoms with Crippen molar-refractivity contribution in [2.24, 2.45) is 0 Å². The Morgan fingerprint density at radius 2 is 1.84 bits per heavy atom. The SMILES string of the molecule is CC(C)c1c2c(c3c(c1CC(=O)O)CCC3)COC2. The minimum Gasteiger partial charge on any atom is -0.481 e. The minimum absolute atomic E-state index is 0.156. The lowest BCUT2D eigenvalue weighted by atomic mass is 9.83. The van der Waals surface area contributed by atoms with E-state index in [9.17, 15) is 9.90 Å². The fraction of sp³-hybridized carbons (Fsp3) is 0.562. The Kier molecular flexibility index (Phi) is 3.09. The van der Waals surface area contributed by atoms with Crippen molar-refractivity contribution in [2.75, 3.05) is 0 Å². The summed E-state index contributed by atoms with van der Waals surface area (Å²) in [6, 6.07) is 0. The number of carboxylic acid groups (broad SMARTS) is 1. The molecule has 19 heavy (non-hydrogen) atoms. The van der Waals surface area contributed by atoms with E-state index in [-0.39, 0.29) is 6.42 Å². The van der Waals surface area contributed by atoms with Gasteiger partial charge in [-0.15, -0.1) is 0 Å². The topological polar surface area (TPSA) is 46.5 Å². The van der Waals surface area contributed by atoms with E-state index in [4.69, 9.17) is 4.74 Å². The average molecular weight is 260 g/mol. The predicted octanol–water partition coefficient (Wildman–Crippen LogP) is 2.96. The summed E-state index contributed by atoms with van der Waals surface area (Å²) in [4.78, 5) is 11.2. The number of carbonyl (C=O) groups is 1. The van der Waals surface area contributed by atoms with Crippen LogP contribution in [0.2, 0.25) is 0 Å². The Hall–Kier alpha value is -1.35. The van der Waals surface area contributed by atoms with E-state index >= 15 is 0 Å². The summed E-state index contributed by atoms with van der Waals surface area (Å²) < 4.78 is 5.64. The number of fused-ring (bicyclic) bond motifs is 3. The highest BCUT2D eigenvalue weighted by Gasteiger charge is 2.30. The van der Waals surface area contributed by atoms with Gasteiger partial charge in [0, 0.05) is 0 Å². The highest BCUT2D eigenvalue weighted by Crippen LogP contribution is 2.41. The number of benzene rings is 1. The summed E-state index contributed by atoms with van der Waals surface area (Å²) >= 11 is 0. The van der Waals surface area contributed by atoms with Crippen LogP contribution in [0.3, 0.4) is 0 Å². The van der Waals surface area contributed by atoms with Crippen LogP contribution in [-0.4, -0.2) is 11.1 Å². The third kappa shape index (κ3) is 1.96. The van der Waals surface area contributed by atoms with E-state index in [1.165, 1.54) is 27.8 Å². The number of ether oxygens (including phenoxy) is 1. The third-order valence-electron chi connectivity index (χ3n) is 4.36. The number of hydrogen-bond acceptors (Lipinski definition) is 2. The molecule has 102 valence electrons. The van der Waals surface area contributed by atoms with Crippen LogP contribution in [0.1, 0.15) is 59.6 Å². The molecule has 2 aliphatic rings. The van der Waals surface area contributed by atoms with E-state index < -0.39 is 5.97 Å². The standard InChI is InChI=1S/C16H20O3/c1-9(2)16-12(6-15(17)18)10-4-3-5-11(10)13-7-19-8-14(13)16/h9H,3-8H2,1-2H3,(H,17,18). The van der Waals surface area contributed by atoms with Crippen LogP contribution in [0.15, 0.2) is 0 Å². The summed E-state index contributed by atoms with van der Waals surface area (Å²) in [5.41, 5.74) is 7.69. The lowest BCUT2D eigenvalue weighted by molar-refractivity contribution is -0.136. The molecular weight excluding hydrogens is 240 g/mol. The van der Waals surface area contributed by atoms with Crippen molar-refractivity contribution in [3.8, 4) is 0 Å². The Labute approximate surface area is 113 Å². The minimum atomic E-state index is -0.727. The van der Waals surface area contributed by atoms with E-state index in [0.29, 0.717) is 19.1 Å². The van der Waals surface area contributed by atoms with Gasteiger partial charge in [0.1, 0.15) is 0 Å². The van der Waals surface area contributed by atoms with Crippen molar-refractivity contribution in [3.05, 3.63) is 33.4 Å². The van der Waals surface area contributed by atoms with Crippen molar-refractivity contribution < 1.29 is 14.6 Å². The van der Waals surface area contributed by atoms with Crippen molar-refractivity contribution in [3.63, 3.8) is 0 Å². The highest BCUT2D eigenvalue weighted by molar-refractivity contribution is 5.73. The molecule has 1 aromatic rings. The lowest BCUT2D eigenvalue weighted by Gasteiger charge is -2.21. The van der Waals surface area contributed by atoms with Gasteiger partial charge < -0.3 is 9.84 Å². The van der Waals surface area contributed by atoms with Gasteiger partial charge in [-0.2, -0.15) is 0 Å². The van der Waals surface area contributed by atoms with Crippen LogP contribution < -0.4 is 0 Å². The van der Waals surface area contributed by atoms with E-state index in [1.807, 2.05) is 0 Å². The Bertz CT molecular complexity index is 544. The molecule has 1 N–H and O–H groups in total. The van der Waals surface area contributed by atoms with Gasteiger partial charge in [0.05, 0.1) is 19.6 Å². The van der Waals surface area contributed by atoms with E-state index in [2.05, 4.69) is 13.8 Å². The lowest BCUT2D eigenvalue weighted by Crippen LogP contribution is -2.12. The molecule has 3 rings (SSSR count). The highest BCUT2D eigenvalue weighted by atomic mass is 16.5. The van der Waals surface area contributed by atoms with Gasteiger partial charge in [-0.1, -0.05) is 13.8 Å². The first-order chi connectivity index (χ1) is 9.09. The third-order valence-corrected chi connectivity index (χ3v) is 4.36. The van der Waals surface area contributed by atoms with Crippen LogP contribution in [-0.2, 0) is 42.0 Å². The van der Waals surface area contributed by atoms with Crippen molar-refractivity contribution in [1.29, 1.82) is 0 Å². The summed E-state index contributed by atoms with van der Waals surface area (Å²) in [6.07, 6.45) is 3.43. The molecule has 1 aliphatic heterocycles. The van der Waals surface area contributed by atoms with Crippen molar-refractivity contribution in [2.45, 2.75) is 58.7 Å². The number of hydrogen-bond donors (Lipinski definition) is 1. The van der Waals surface area contributed by atoms with E-state index in [0.717, 1.165) is 24.8 Å². The number of aliphatic carboxylic acids is 1. The molecule has 0 saturated carbocycles. The molecule has 0 atom stereocenters. The number of carboxylic acids is 1. The summed E-state index contributed by atoms with van der Waals surface area (Å²) in [6.45, 7) is 5.68. The zero-order chi connectivity index (χ0) is 13.6. The first-order valence-electron chi connectivity index (χ1n) is 7.07. The zero-order valence-corrected chi connectivity index (χ0v) is 11.6. The van der Waals surface area contributed by atoms with Crippen LogP contribution in [0, 0.1) is 0 Å². The first kappa shape index (κ1) is 12.7. The van der Waals surface area contributed by atoms with Gasteiger partial charge in [0.25, 0.3) is 0 Å². The molecule has 0 unspecified atom stereocenters. The second-order valence-electron chi connectivity index (χ2n) is 5.88. The molecule has 0 amide bonds. The Balaban J connectivity index is 2.26. The quantitative estimate of drug-likeness (QED) is 0.909. The molecule has 0 fully saturated rings. The summed E-state index contributed by atoms with van der Waals surface area (Å²) in [5.74, 6) is -0.370. The van der Waals surface area contributed by atoms with Crippen LogP contribution in [0.5, 0.6) is 0 Å². The normalized spacial score (nSPS) is 16.8. The molecule has 0 aromatic heterocycles. The maximum atomic E-state index is 11.2. The molecule has 1 aliphatic carbocycles. The summed E-state index contributed by atoms with van der Waals surface area (Å²) in [7, 11) is 0. The molecule has 0 saturated heterocycles. The second kappa shape index (κ2) is 4.64. The van der Waals surface area contributed by atoms with Gasteiger partial charge in [0.15, 0.2) is 0 Å². The van der Waals surface area contributed by atoms with Gasteiger partial charge in [-0.25, -0.2) is 0 Å². The zero-order valence-electron chi connectivity index (χ0n) is 11.6. The fourth-order valence-corrected chi connectivity index (χ4v) is 3.74. The van der Waals surface area contributed by atoms with Crippen molar-refractivity contribution >= 4 is 5.97 Å². The first-order valence-corrected chi connectivity index (χ1v) is 7.07. The summed E-state index contributed by atoms with van der Waals surface area (Å²) in [5, 5.41) is 9.22. The largest absolute Gasteiger partial charge is 0.481 e. The number of rotatable bonds is 3. The molecule has 3 nitrogen and oxygen atoms in total. The monoisotopic (exact) mass is 260 g/mol. The van der Waals surface area contributed by atoms with E-state index in [1.54, 1.807) is 0 Å². The maximum Gasteiger partial charge on any atom is 0.307 e. The van der Waals surface area contributed by atoms with Gasteiger partial charge >= 0.3 is 5.97 Å². The van der Waals surface area contributed by atoms with Gasteiger partial charge in [-0.3, -0.25) is 4.79 Å². The maximum absolute atomic E-state index is 11.2. The average Bonchev–Trinajstić information content (AvgIpc) is 2.94. The fourth-order valence-electron chi connectivity index (χ4n) is 3.74. The predicted molar refractivity (Wildman–Crippen MR) is 72.4 cm³/mol. The Morgan fingerprint density at radius 3 is 2.53 bits per heavy atom. The van der Waals surface area contributed by atoms with Gasteiger partial charge in [-0.05, 0) is 58.6 Å². The smallest absolute Gasteiger partial charge is 0.307 e. The van der Waals surface area contributed by atoms with Gasteiger partial charge in [0.2, 0.25) is 0 Å². The molecular formula is C16H20O3. The van der Waals surface area contributed by atoms with Crippen LogP contribution in [0.4, 0.5) is 0 Å².